The first kappa shape index (κ1) is 17.2. The molecule has 0 spiro atoms. The summed E-state index contributed by atoms with van der Waals surface area (Å²) in [6.07, 6.45) is 12.0. The van der Waals surface area contributed by atoms with Gasteiger partial charge in [-0.05, 0) is 37.6 Å². The molecule has 1 atom stereocenters. The number of hydrogen-bond donors (Lipinski definition) is 2. The second kappa shape index (κ2) is 7.41. The van der Waals surface area contributed by atoms with Gasteiger partial charge in [-0.1, -0.05) is 18.2 Å². The molecule has 0 fully saturated rings. The number of carboxylic acid groups (broad SMARTS) is 2. The van der Waals surface area contributed by atoms with Crippen molar-refractivity contribution in [1.82, 2.24) is 9.55 Å². The van der Waals surface area contributed by atoms with Crippen molar-refractivity contribution in [3.05, 3.63) is 72.9 Å². The van der Waals surface area contributed by atoms with Crippen LogP contribution in [0.4, 0.5) is 0 Å². The summed E-state index contributed by atoms with van der Waals surface area (Å²) >= 11 is 0. The molecule has 0 saturated heterocycles. The van der Waals surface area contributed by atoms with Crippen LogP contribution < -0.4 is 0 Å². The summed E-state index contributed by atoms with van der Waals surface area (Å²) in [7, 11) is 0. The first-order valence-corrected chi connectivity index (χ1v) is 7.31. The lowest BCUT2D eigenvalue weighted by atomic mass is 9.80. The van der Waals surface area contributed by atoms with E-state index >= 15 is 0 Å². The first-order chi connectivity index (χ1) is 11.4. The van der Waals surface area contributed by atoms with Gasteiger partial charge in [-0.25, -0.2) is 4.79 Å². The number of aliphatic carboxylic acids is 2. The number of aromatic nitrogens is 2. The van der Waals surface area contributed by atoms with Gasteiger partial charge in [0.2, 0.25) is 0 Å². The van der Waals surface area contributed by atoms with E-state index in [4.69, 9.17) is 10.2 Å². The molecular formula is C18H18N2O4. The number of carbonyl (C=O) groups is 2. The summed E-state index contributed by atoms with van der Waals surface area (Å²) in [4.78, 5) is 25.4. The second-order valence-corrected chi connectivity index (χ2v) is 5.56. The second-order valence-electron chi connectivity index (χ2n) is 5.56. The maximum absolute atomic E-state index is 10.8. The highest BCUT2D eigenvalue weighted by Gasteiger charge is 2.34. The Hall–Kier alpha value is -3.15. The molecule has 2 heterocycles. The van der Waals surface area contributed by atoms with Crippen molar-refractivity contribution < 1.29 is 19.8 Å². The average Bonchev–Trinajstić information content (AvgIpc) is 3.11. The van der Waals surface area contributed by atoms with Crippen LogP contribution in [0.2, 0.25) is 0 Å². The molecule has 0 saturated carbocycles. The number of allylic oxidation sites excluding steroid dienone is 2. The van der Waals surface area contributed by atoms with Crippen molar-refractivity contribution >= 4 is 11.9 Å². The highest BCUT2D eigenvalue weighted by molar-refractivity contribution is 5.90. The van der Waals surface area contributed by atoms with Gasteiger partial charge in [0.1, 0.15) is 0 Å². The average molecular weight is 326 g/mol. The summed E-state index contributed by atoms with van der Waals surface area (Å²) in [6.45, 7) is 1.50. The monoisotopic (exact) mass is 326 g/mol. The Balaban J connectivity index is 0.000000175. The fourth-order valence-electron chi connectivity index (χ4n) is 2.20. The number of hydrogen-bond acceptors (Lipinski definition) is 3. The van der Waals surface area contributed by atoms with Crippen molar-refractivity contribution in [3.63, 3.8) is 0 Å². The first-order valence-electron chi connectivity index (χ1n) is 7.31. The van der Waals surface area contributed by atoms with Crippen LogP contribution in [-0.4, -0.2) is 31.7 Å². The predicted molar refractivity (Wildman–Crippen MR) is 88.8 cm³/mol. The van der Waals surface area contributed by atoms with Gasteiger partial charge in [-0.2, -0.15) is 0 Å². The highest BCUT2D eigenvalue weighted by Crippen LogP contribution is 2.31. The number of carboxylic acids is 2. The molecule has 1 unspecified atom stereocenters. The standard InChI is InChI=1S/C9H8N2.C9H10O4/c1-2-7-11(6-1)9-4-3-5-10-8-9;1-9(8(12)13)4-2-3-6(5-9)7(10)11/h1-8H;2-4H,5H2,1H3,(H,10,11)(H,12,13). The topological polar surface area (TPSA) is 92.4 Å². The number of pyridine rings is 1. The Morgan fingerprint density at radius 2 is 1.92 bits per heavy atom. The molecule has 2 N–H and O–H groups in total. The predicted octanol–water partition coefficient (Wildman–Crippen LogP) is 2.92. The molecule has 0 aromatic carbocycles. The largest absolute Gasteiger partial charge is 0.481 e. The maximum atomic E-state index is 10.8. The van der Waals surface area contributed by atoms with E-state index in [1.165, 1.54) is 25.2 Å². The molecule has 0 amide bonds. The smallest absolute Gasteiger partial charge is 0.331 e. The van der Waals surface area contributed by atoms with E-state index < -0.39 is 17.4 Å². The van der Waals surface area contributed by atoms with Crippen molar-refractivity contribution in [2.24, 2.45) is 5.41 Å². The van der Waals surface area contributed by atoms with Gasteiger partial charge in [0.15, 0.2) is 0 Å². The van der Waals surface area contributed by atoms with E-state index in [0.717, 1.165) is 5.69 Å². The van der Waals surface area contributed by atoms with Crippen LogP contribution in [0.1, 0.15) is 13.3 Å². The van der Waals surface area contributed by atoms with Gasteiger partial charge in [0.25, 0.3) is 0 Å². The molecule has 0 bridgehead atoms. The van der Waals surface area contributed by atoms with E-state index in [1.54, 1.807) is 6.20 Å². The Morgan fingerprint density at radius 3 is 2.46 bits per heavy atom. The molecule has 0 aliphatic heterocycles. The molecule has 2 aromatic heterocycles. The number of nitrogens with zero attached hydrogens (tertiary/aromatic N) is 2. The summed E-state index contributed by atoms with van der Waals surface area (Å²) < 4.78 is 2.02. The molecule has 1 aliphatic rings. The minimum absolute atomic E-state index is 0.0359. The number of rotatable bonds is 3. The Morgan fingerprint density at radius 1 is 1.21 bits per heavy atom. The van der Waals surface area contributed by atoms with Crippen LogP contribution in [-0.2, 0) is 9.59 Å². The minimum atomic E-state index is -1.08. The molecule has 6 heteroatoms. The molecule has 6 nitrogen and oxygen atoms in total. The Bertz CT molecular complexity index is 764. The molecule has 2 aromatic rings. The van der Waals surface area contributed by atoms with E-state index in [9.17, 15) is 9.59 Å². The molecule has 0 radical (unpaired) electrons. The zero-order chi connectivity index (χ0) is 17.6. The highest BCUT2D eigenvalue weighted by atomic mass is 16.4. The van der Waals surface area contributed by atoms with E-state index in [1.807, 2.05) is 47.4 Å². The van der Waals surface area contributed by atoms with E-state index in [-0.39, 0.29) is 12.0 Å². The van der Waals surface area contributed by atoms with Gasteiger partial charge in [0.05, 0.1) is 17.3 Å². The van der Waals surface area contributed by atoms with Crippen LogP contribution in [0.5, 0.6) is 0 Å². The van der Waals surface area contributed by atoms with Gasteiger partial charge >= 0.3 is 11.9 Å². The van der Waals surface area contributed by atoms with Gasteiger partial charge in [0, 0.05) is 24.2 Å². The molecule has 1 aliphatic carbocycles. The molecular weight excluding hydrogens is 308 g/mol. The van der Waals surface area contributed by atoms with Gasteiger partial charge < -0.3 is 14.8 Å². The molecule has 3 rings (SSSR count). The van der Waals surface area contributed by atoms with Crippen LogP contribution in [0.25, 0.3) is 5.69 Å². The van der Waals surface area contributed by atoms with Crippen molar-refractivity contribution in [1.29, 1.82) is 0 Å². The van der Waals surface area contributed by atoms with Gasteiger partial charge in [-0.15, -0.1) is 0 Å². The van der Waals surface area contributed by atoms with Crippen molar-refractivity contribution in [2.45, 2.75) is 13.3 Å². The summed E-state index contributed by atoms with van der Waals surface area (Å²) in [5, 5.41) is 17.5. The molecule has 24 heavy (non-hydrogen) atoms. The Labute approximate surface area is 139 Å². The lowest BCUT2D eigenvalue weighted by molar-refractivity contribution is -0.145. The summed E-state index contributed by atoms with van der Waals surface area (Å²) in [6, 6.07) is 7.93. The van der Waals surface area contributed by atoms with Crippen LogP contribution in [0, 0.1) is 5.41 Å². The van der Waals surface area contributed by atoms with E-state index in [2.05, 4.69) is 4.98 Å². The maximum Gasteiger partial charge on any atom is 0.331 e. The van der Waals surface area contributed by atoms with Crippen LogP contribution in [0.15, 0.2) is 72.9 Å². The van der Waals surface area contributed by atoms with E-state index in [0.29, 0.717) is 0 Å². The fraction of sp³-hybridized carbons (Fsp3) is 0.167. The summed E-state index contributed by atoms with van der Waals surface area (Å²) in [5.41, 5.74) is 0.146. The minimum Gasteiger partial charge on any atom is -0.481 e. The Kier molecular flexibility index (Phi) is 5.31. The quantitative estimate of drug-likeness (QED) is 0.904. The van der Waals surface area contributed by atoms with Crippen LogP contribution in [0.3, 0.4) is 0 Å². The SMILES string of the molecule is CC1(C(=O)O)C=CC=C(C(=O)O)C1.c1cncc(-n2cccc2)c1. The zero-order valence-corrected chi connectivity index (χ0v) is 13.2. The van der Waals surface area contributed by atoms with Crippen molar-refractivity contribution in [2.75, 3.05) is 0 Å². The lowest BCUT2D eigenvalue weighted by Gasteiger charge is -2.23. The third-order valence-corrected chi connectivity index (χ3v) is 3.63. The van der Waals surface area contributed by atoms with Crippen LogP contribution >= 0.6 is 0 Å². The molecule has 124 valence electrons. The third kappa shape index (κ3) is 4.19. The third-order valence-electron chi connectivity index (χ3n) is 3.63. The fourth-order valence-corrected chi connectivity index (χ4v) is 2.20. The zero-order valence-electron chi connectivity index (χ0n) is 13.2. The lowest BCUT2D eigenvalue weighted by Crippen LogP contribution is -2.28. The normalized spacial score (nSPS) is 19.0. The van der Waals surface area contributed by atoms with Crippen molar-refractivity contribution in [3.8, 4) is 5.69 Å². The summed E-state index contributed by atoms with van der Waals surface area (Å²) in [5.74, 6) is -2.06. The van der Waals surface area contributed by atoms with Gasteiger partial charge in [-0.3, -0.25) is 9.78 Å².